The number of nitro groups is 1. The number of ether oxygens (including phenoxy) is 1. The van der Waals surface area contributed by atoms with E-state index in [1.807, 2.05) is 20.8 Å². The van der Waals surface area contributed by atoms with Gasteiger partial charge >= 0.3 is 5.97 Å². The number of nitrogens with one attached hydrogen (secondary N) is 2. The zero-order valence-corrected chi connectivity index (χ0v) is 16.3. The second kappa shape index (κ2) is 9.79. The summed E-state index contributed by atoms with van der Waals surface area (Å²) in [5, 5.41) is 24.7. The largest absolute Gasteiger partial charge is 0.480 e. The summed E-state index contributed by atoms with van der Waals surface area (Å²) in [5.41, 5.74) is -0.0728. The van der Waals surface area contributed by atoms with Gasteiger partial charge in [0.1, 0.15) is 6.04 Å². The number of carbonyl (C=O) groups is 3. The van der Waals surface area contributed by atoms with E-state index < -0.39 is 40.9 Å². The van der Waals surface area contributed by atoms with Crippen LogP contribution in [0.15, 0.2) is 18.2 Å². The third kappa shape index (κ3) is 7.70. The van der Waals surface area contributed by atoms with Crippen molar-refractivity contribution in [3.05, 3.63) is 39.4 Å². The summed E-state index contributed by atoms with van der Waals surface area (Å²) in [6, 6.07) is 2.69. The quantitative estimate of drug-likeness (QED) is 0.423. The number of benzene rings is 1. The Labute approximate surface area is 162 Å². The van der Waals surface area contributed by atoms with Crippen molar-refractivity contribution < 1.29 is 29.2 Å². The molecule has 0 aliphatic heterocycles. The highest BCUT2D eigenvalue weighted by Crippen LogP contribution is 2.18. The molecule has 28 heavy (non-hydrogen) atoms. The average Bonchev–Trinajstić information content (AvgIpc) is 2.57. The van der Waals surface area contributed by atoms with Gasteiger partial charge in [0.15, 0.2) is 0 Å². The van der Waals surface area contributed by atoms with Gasteiger partial charge in [0.25, 0.3) is 11.6 Å². The molecule has 2 amide bonds. The number of aryl methyl sites for hydroxylation is 1. The summed E-state index contributed by atoms with van der Waals surface area (Å²) in [7, 11) is 0. The van der Waals surface area contributed by atoms with Gasteiger partial charge in [0.05, 0.1) is 17.1 Å². The van der Waals surface area contributed by atoms with E-state index in [2.05, 4.69) is 10.6 Å². The third-order valence-corrected chi connectivity index (χ3v) is 3.64. The normalized spacial score (nSPS) is 12.1. The second-order valence-electron chi connectivity index (χ2n) is 7.15. The predicted molar refractivity (Wildman–Crippen MR) is 100 cm³/mol. The third-order valence-electron chi connectivity index (χ3n) is 3.64. The van der Waals surface area contributed by atoms with E-state index in [-0.39, 0.29) is 24.3 Å². The van der Waals surface area contributed by atoms with Crippen molar-refractivity contribution in [2.75, 3.05) is 13.2 Å². The molecule has 0 radical (unpaired) electrons. The van der Waals surface area contributed by atoms with E-state index in [9.17, 15) is 29.6 Å². The van der Waals surface area contributed by atoms with Crippen molar-refractivity contribution in [1.82, 2.24) is 10.6 Å². The zero-order chi connectivity index (χ0) is 21.5. The molecule has 3 N–H and O–H groups in total. The number of carboxylic acids is 1. The van der Waals surface area contributed by atoms with Crippen molar-refractivity contribution in [3.63, 3.8) is 0 Å². The first-order valence-electron chi connectivity index (χ1n) is 8.60. The molecule has 0 saturated heterocycles. The number of hydrogen-bond acceptors (Lipinski definition) is 6. The molecule has 154 valence electrons. The number of rotatable bonds is 9. The molecule has 0 saturated carbocycles. The van der Waals surface area contributed by atoms with Gasteiger partial charge in [0.2, 0.25) is 5.91 Å². The summed E-state index contributed by atoms with van der Waals surface area (Å²) < 4.78 is 5.45. The van der Waals surface area contributed by atoms with Gasteiger partial charge in [-0.15, -0.1) is 0 Å². The maximum atomic E-state index is 12.1. The summed E-state index contributed by atoms with van der Waals surface area (Å²) in [6.07, 6.45) is 0.0772. The number of amides is 2. The monoisotopic (exact) mass is 395 g/mol. The van der Waals surface area contributed by atoms with Gasteiger partial charge < -0.3 is 20.5 Å². The first-order chi connectivity index (χ1) is 12.9. The van der Waals surface area contributed by atoms with Gasteiger partial charge in [-0.1, -0.05) is 0 Å². The van der Waals surface area contributed by atoms with Crippen LogP contribution in [-0.2, 0) is 14.3 Å². The van der Waals surface area contributed by atoms with Gasteiger partial charge in [-0.2, -0.15) is 0 Å². The highest BCUT2D eigenvalue weighted by molar-refractivity contribution is 5.97. The number of nitrogens with zero attached hydrogens (tertiary/aromatic N) is 1. The van der Waals surface area contributed by atoms with Crippen LogP contribution in [0.25, 0.3) is 0 Å². The Bertz CT molecular complexity index is 756. The van der Waals surface area contributed by atoms with Crippen LogP contribution < -0.4 is 10.6 Å². The summed E-state index contributed by atoms with van der Waals surface area (Å²) in [4.78, 5) is 45.5. The topological polar surface area (TPSA) is 148 Å². The molecule has 1 unspecified atom stereocenters. The van der Waals surface area contributed by atoms with Crippen LogP contribution in [-0.4, -0.2) is 52.6 Å². The molecule has 1 atom stereocenters. The molecule has 1 rings (SSSR count). The molecule has 10 nitrogen and oxygen atoms in total. The van der Waals surface area contributed by atoms with Crippen molar-refractivity contribution in [1.29, 1.82) is 0 Å². The van der Waals surface area contributed by atoms with E-state index in [4.69, 9.17) is 4.74 Å². The lowest BCUT2D eigenvalue weighted by molar-refractivity contribution is -0.385. The van der Waals surface area contributed by atoms with Crippen molar-refractivity contribution in [2.24, 2.45) is 0 Å². The Morgan fingerprint density at radius 1 is 1.29 bits per heavy atom. The smallest absolute Gasteiger partial charge is 0.326 e. The summed E-state index contributed by atoms with van der Waals surface area (Å²) in [6.45, 7) is 6.71. The van der Waals surface area contributed by atoms with Gasteiger partial charge in [-0.05, 0) is 39.8 Å². The van der Waals surface area contributed by atoms with Crippen LogP contribution >= 0.6 is 0 Å². The highest BCUT2D eigenvalue weighted by Gasteiger charge is 2.22. The fourth-order valence-electron chi connectivity index (χ4n) is 2.25. The first-order valence-corrected chi connectivity index (χ1v) is 8.60. The van der Waals surface area contributed by atoms with Crippen LogP contribution in [0.4, 0.5) is 5.69 Å². The summed E-state index contributed by atoms with van der Waals surface area (Å²) >= 11 is 0. The molecule has 0 spiro atoms. The fraction of sp³-hybridized carbons (Fsp3) is 0.500. The maximum absolute atomic E-state index is 12.1. The van der Waals surface area contributed by atoms with Crippen LogP contribution in [0.2, 0.25) is 0 Å². The molecule has 0 fully saturated rings. The molecule has 1 aromatic carbocycles. The number of aliphatic carboxylic acids is 1. The Hall–Kier alpha value is -3.01. The van der Waals surface area contributed by atoms with Crippen molar-refractivity contribution >= 4 is 23.5 Å². The Kier molecular flexibility index (Phi) is 8.05. The molecule has 10 heteroatoms. The highest BCUT2D eigenvalue weighted by atomic mass is 16.6. The molecule has 0 bridgehead atoms. The van der Waals surface area contributed by atoms with E-state index in [1.54, 1.807) is 0 Å². The SMILES string of the molecule is Cc1cc(C(=O)NCC(=O)NC(CCOC(C)(C)C)C(=O)O)ccc1[N+](=O)[O-]. The number of carbonyl (C=O) groups excluding carboxylic acids is 2. The van der Waals surface area contributed by atoms with Gasteiger partial charge in [-0.3, -0.25) is 19.7 Å². The van der Waals surface area contributed by atoms with E-state index in [0.29, 0.717) is 5.56 Å². The Morgan fingerprint density at radius 2 is 1.93 bits per heavy atom. The van der Waals surface area contributed by atoms with Crippen molar-refractivity contribution in [2.45, 2.75) is 45.8 Å². The molecule has 0 aliphatic rings. The van der Waals surface area contributed by atoms with Gasteiger partial charge in [-0.25, -0.2) is 4.79 Å². The molecular formula is C18H25N3O7. The standard InChI is InChI=1S/C18H25N3O7/c1-11-9-12(5-6-14(11)21(26)27)16(23)19-10-15(22)20-13(17(24)25)7-8-28-18(2,3)4/h5-6,9,13H,7-8,10H2,1-4H3,(H,19,23)(H,20,22)(H,24,25). The lowest BCUT2D eigenvalue weighted by Gasteiger charge is -2.21. The lowest BCUT2D eigenvalue weighted by atomic mass is 10.1. The molecule has 0 aromatic heterocycles. The first kappa shape index (κ1) is 23.0. The molecule has 0 heterocycles. The molecule has 0 aliphatic carbocycles. The minimum atomic E-state index is -1.21. The van der Waals surface area contributed by atoms with Crippen LogP contribution in [0, 0.1) is 17.0 Å². The average molecular weight is 395 g/mol. The fourth-order valence-corrected chi connectivity index (χ4v) is 2.25. The molecular weight excluding hydrogens is 370 g/mol. The summed E-state index contributed by atoms with van der Waals surface area (Å²) in [5.74, 6) is -2.48. The Balaban J connectivity index is 2.57. The van der Waals surface area contributed by atoms with E-state index >= 15 is 0 Å². The van der Waals surface area contributed by atoms with Gasteiger partial charge in [0, 0.05) is 30.2 Å². The minimum absolute atomic E-state index is 0.0772. The van der Waals surface area contributed by atoms with E-state index in [0.717, 1.165) is 0 Å². The predicted octanol–water partition coefficient (Wildman–Crippen LogP) is 1.41. The number of carboxylic acid groups (broad SMARTS) is 1. The number of nitro benzene ring substituents is 1. The van der Waals surface area contributed by atoms with E-state index in [1.165, 1.54) is 25.1 Å². The lowest BCUT2D eigenvalue weighted by Crippen LogP contribution is -2.46. The molecule has 1 aromatic rings. The maximum Gasteiger partial charge on any atom is 0.326 e. The van der Waals surface area contributed by atoms with Crippen LogP contribution in [0.1, 0.15) is 43.1 Å². The Morgan fingerprint density at radius 3 is 2.43 bits per heavy atom. The zero-order valence-electron chi connectivity index (χ0n) is 16.3. The minimum Gasteiger partial charge on any atom is -0.480 e. The van der Waals surface area contributed by atoms with Crippen LogP contribution in [0.5, 0.6) is 0 Å². The van der Waals surface area contributed by atoms with Crippen LogP contribution in [0.3, 0.4) is 0 Å². The number of hydrogen-bond donors (Lipinski definition) is 3. The van der Waals surface area contributed by atoms with Crippen molar-refractivity contribution in [3.8, 4) is 0 Å². The second-order valence-corrected chi connectivity index (χ2v) is 7.15.